The lowest BCUT2D eigenvalue weighted by Gasteiger charge is -2.31. The lowest BCUT2D eigenvalue weighted by Crippen LogP contribution is -2.44. The molecule has 1 unspecified atom stereocenters. The molecule has 0 radical (unpaired) electrons. The van der Waals surface area contributed by atoms with Gasteiger partial charge < -0.3 is 19.4 Å². The summed E-state index contributed by atoms with van der Waals surface area (Å²) in [7, 11) is 0. The topological polar surface area (TPSA) is 71.8 Å². The van der Waals surface area contributed by atoms with Gasteiger partial charge in [0.25, 0.3) is 11.8 Å². The standard InChI is InChI=1S/C18H20N2O4/c1-12-5-6-14(18(22)20-7-9-23-13(2)11-20)10-15(12)19-17(21)16-4-3-8-24-16/h3-6,8,10,13H,7,9,11H2,1-2H3,(H,19,21). The average Bonchev–Trinajstić information content (AvgIpc) is 3.11. The molecule has 1 fully saturated rings. The van der Waals surface area contributed by atoms with Gasteiger partial charge in [-0.15, -0.1) is 0 Å². The van der Waals surface area contributed by atoms with E-state index in [1.54, 1.807) is 29.2 Å². The summed E-state index contributed by atoms with van der Waals surface area (Å²) >= 11 is 0. The summed E-state index contributed by atoms with van der Waals surface area (Å²) in [5.74, 6) is -0.167. The smallest absolute Gasteiger partial charge is 0.291 e. The Balaban J connectivity index is 1.78. The van der Waals surface area contributed by atoms with Gasteiger partial charge in [-0.25, -0.2) is 0 Å². The summed E-state index contributed by atoms with van der Waals surface area (Å²) in [6.45, 7) is 5.51. The molecule has 6 nitrogen and oxygen atoms in total. The Kier molecular flexibility index (Phi) is 4.66. The van der Waals surface area contributed by atoms with E-state index in [1.165, 1.54) is 6.26 Å². The van der Waals surface area contributed by atoms with Gasteiger partial charge in [-0.2, -0.15) is 0 Å². The van der Waals surface area contributed by atoms with Gasteiger partial charge in [-0.1, -0.05) is 6.07 Å². The number of aryl methyl sites for hydroxylation is 1. The van der Waals surface area contributed by atoms with Crippen LogP contribution >= 0.6 is 0 Å². The third-order valence-corrected chi connectivity index (χ3v) is 4.01. The third-order valence-electron chi connectivity index (χ3n) is 4.01. The Morgan fingerprint density at radius 3 is 2.83 bits per heavy atom. The number of anilines is 1. The Morgan fingerprint density at radius 1 is 1.29 bits per heavy atom. The molecule has 1 aromatic carbocycles. The summed E-state index contributed by atoms with van der Waals surface area (Å²) in [5, 5.41) is 2.79. The molecule has 1 saturated heterocycles. The van der Waals surface area contributed by atoms with Crippen molar-refractivity contribution in [1.29, 1.82) is 0 Å². The number of morpholine rings is 1. The third kappa shape index (κ3) is 3.49. The van der Waals surface area contributed by atoms with Crippen LogP contribution in [0.15, 0.2) is 41.0 Å². The van der Waals surface area contributed by atoms with Crippen LogP contribution in [0, 0.1) is 6.92 Å². The summed E-state index contributed by atoms with van der Waals surface area (Å²) in [6, 6.07) is 8.56. The SMILES string of the molecule is Cc1ccc(C(=O)N2CCOC(C)C2)cc1NC(=O)c1ccco1. The van der Waals surface area contributed by atoms with E-state index in [9.17, 15) is 9.59 Å². The molecule has 126 valence electrons. The van der Waals surface area contributed by atoms with Crippen LogP contribution in [0.4, 0.5) is 5.69 Å². The number of furan rings is 1. The number of nitrogens with one attached hydrogen (secondary N) is 1. The number of hydrogen-bond acceptors (Lipinski definition) is 4. The molecule has 0 spiro atoms. The van der Waals surface area contributed by atoms with E-state index in [2.05, 4.69) is 5.32 Å². The van der Waals surface area contributed by atoms with Crippen molar-refractivity contribution in [2.24, 2.45) is 0 Å². The van der Waals surface area contributed by atoms with Crippen molar-refractivity contribution >= 4 is 17.5 Å². The highest BCUT2D eigenvalue weighted by Gasteiger charge is 2.23. The second kappa shape index (κ2) is 6.88. The molecule has 6 heteroatoms. The van der Waals surface area contributed by atoms with Gasteiger partial charge in [0, 0.05) is 24.3 Å². The zero-order chi connectivity index (χ0) is 17.1. The predicted molar refractivity (Wildman–Crippen MR) is 89.2 cm³/mol. The molecule has 1 aromatic heterocycles. The van der Waals surface area contributed by atoms with Crippen LogP contribution in [0.1, 0.15) is 33.4 Å². The Morgan fingerprint density at radius 2 is 2.12 bits per heavy atom. The lowest BCUT2D eigenvalue weighted by molar-refractivity contribution is -0.0124. The minimum absolute atomic E-state index is 0.0336. The first-order chi connectivity index (χ1) is 11.5. The van der Waals surface area contributed by atoms with E-state index in [1.807, 2.05) is 19.9 Å². The fraction of sp³-hybridized carbons (Fsp3) is 0.333. The number of hydrogen-bond donors (Lipinski definition) is 1. The van der Waals surface area contributed by atoms with Crippen molar-refractivity contribution < 1.29 is 18.7 Å². The monoisotopic (exact) mass is 328 g/mol. The first kappa shape index (κ1) is 16.3. The Hall–Kier alpha value is -2.60. The summed E-state index contributed by atoms with van der Waals surface area (Å²) in [5.41, 5.74) is 2.02. The van der Waals surface area contributed by atoms with Gasteiger partial charge in [0.1, 0.15) is 0 Å². The van der Waals surface area contributed by atoms with Crippen LogP contribution in [-0.2, 0) is 4.74 Å². The summed E-state index contributed by atoms with van der Waals surface area (Å²) < 4.78 is 10.6. The maximum Gasteiger partial charge on any atom is 0.291 e. The van der Waals surface area contributed by atoms with Gasteiger partial charge in [0.2, 0.25) is 0 Å². The van der Waals surface area contributed by atoms with Crippen molar-refractivity contribution in [3.8, 4) is 0 Å². The lowest BCUT2D eigenvalue weighted by atomic mass is 10.1. The predicted octanol–water partition coefficient (Wildman–Crippen LogP) is 2.70. The van der Waals surface area contributed by atoms with Gasteiger partial charge in [0.15, 0.2) is 5.76 Å². The van der Waals surface area contributed by atoms with E-state index in [0.717, 1.165) is 5.56 Å². The van der Waals surface area contributed by atoms with Gasteiger partial charge >= 0.3 is 0 Å². The summed E-state index contributed by atoms with van der Waals surface area (Å²) in [6.07, 6.45) is 1.48. The Labute approximate surface area is 140 Å². The second-order valence-corrected chi connectivity index (χ2v) is 5.89. The molecule has 2 amide bonds. The quantitative estimate of drug-likeness (QED) is 0.940. The Bertz CT molecular complexity index is 739. The molecule has 1 aliphatic rings. The first-order valence-corrected chi connectivity index (χ1v) is 7.91. The molecule has 2 heterocycles. The molecule has 0 bridgehead atoms. The van der Waals surface area contributed by atoms with Crippen LogP contribution in [0.3, 0.4) is 0 Å². The number of nitrogens with zero attached hydrogens (tertiary/aromatic N) is 1. The molecule has 3 rings (SSSR count). The molecule has 2 aromatic rings. The normalized spacial score (nSPS) is 17.6. The van der Waals surface area contributed by atoms with Crippen molar-refractivity contribution in [2.75, 3.05) is 25.0 Å². The van der Waals surface area contributed by atoms with E-state index in [4.69, 9.17) is 9.15 Å². The molecule has 0 saturated carbocycles. The maximum atomic E-state index is 12.7. The van der Waals surface area contributed by atoms with Crippen molar-refractivity contribution in [2.45, 2.75) is 20.0 Å². The highest BCUT2D eigenvalue weighted by atomic mass is 16.5. The van der Waals surface area contributed by atoms with Crippen LogP contribution in [0.2, 0.25) is 0 Å². The zero-order valence-electron chi connectivity index (χ0n) is 13.7. The largest absolute Gasteiger partial charge is 0.459 e. The highest BCUT2D eigenvalue weighted by Crippen LogP contribution is 2.20. The molecular weight excluding hydrogens is 308 g/mol. The van der Waals surface area contributed by atoms with E-state index < -0.39 is 0 Å². The fourth-order valence-corrected chi connectivity index (χ4v) is 2.67. The van der Waals surface area contributed by atoms with Gasteiger partial charge in [0.05, 0.1) is 19.0 Å². The van der Waals surface area contributed by atoms with Gasteiger partial charge in [-0.05, 0) is 43.7 Å². The maximum absolute atomic E-state index is 12.7. The van der Waals surface area contributed by atoms with Crippen molar-refractivity contribution in [3.63, 3.8) is 0 Å². The zero-order valence-corrected chi connectivity index (χ0v) is 13.7. The first-order valence-electron chi connectivity index (χ1n) is 7.91. The molecule has 24 heavy (non-hydrogen) atoms. The number of ether oxygens (including phenoxy) is 1. The fourth-order valence-electron chi connectivity index (χ4n) is 2.67. The van der Waals surface area contributed by atoms with Crippen molar-refractivity contribution in [1.82, 2.24) is 4.90 Å². The molecule has 1 aliphatic heterocycles. The minimum atomic E-state index is -0.340. The highest BCUT2D eigenvalue weighted by molar-refractivity contribution is 6.03. The minimum Gasteiger partial charge on any atom is -0.459 e. The van der Waals surface area contributed by atoms with Crippen LogP contribution in [0.5, 0.6) is 0 Å². The second-order valence-electron chi connectivity index (χ2n) is 5.89. The van der Waals surface area contributed by atoms with E-state index in [0.29, 0.717) is 30.9 Å². The number of amides is 2. The van der Waals surface area contributed by atoms with Crippen LogP contribution in [0.25, 0.3) is 0 Å². The number of rotatable bonds is 3. The molecular formula is C18H20N2O4. The van der Waals surface area contributed by atoms with E-state index >= 15 is 0 Å². The molecule has 1 atom stereocenters. The van der Waals surface area contributed by atoms with E-state index in [-0.39, 0.29) is 23.7 Å². The number of carbonyl (C=O) groups is 2. The molecule has 1 N–H and O–H groups in total. The number of benzene rings is 1. The van der Waals surface area contributed by atoms with Gasteiger partial charge in [-0.3, -0.25) is 9.59 Å². The van der Waals surface area contributed by atoms with Crippen LogP contribution < -0.4 is 5.32 Å². The summed E-state index contributed by atoms with van der Waals surface area (Å²) in [4.78, 5) is 26.6. The number of carbonyl (C=O) groups excluding carboxylic acids is 2. The average molecular weight is 328 g/mol. The molecule has 0 aliphatic carbocycles. The van der Waals surface area contributed by atoms with Crippen molar-refractivity contribution in [3.05, 3.63) is 53.5 Å². The van der Waals surface area contributed by atoms with Crippen LogP contribution in [-0.4, -0.2) is 42.5 Å².